The van der Waals surface area contributed by atoms with Gasteiger partial charge in [0.05, 0.1) is 12.1 Å². The zero-order chi connectivity index (χ0) is 21.0. The lowest BCUT2D eigenvalue weighted by Crippen LogP contribution is -2.45. The van der Waals surface area contributed by atoms with E-state index in [2.05, 4.69) is 17.3 Å². The van der Waals surface area contributed by atoms with Crippen molar-refractivity contribution in [2.75, 3.05) is 39.9 Å². The van der Waals surface area contributed by atoms with E-state index in [4.69, 9.17) is 4.74 Å². The fraction of sp³-hybridized carbons (Fsp3) is 0.600. The van der Waals surface area contributed by atoms with E-state index < -0.39 is 17.6 Å². The van der Waals surface area contributed by atoms with Crippen molar-refractivity contribution in [2.24, 2.45) is 0 Å². The first-order chi connectivity index (χ1) is 13.8. The molecule has 1 unspecified atom stereocenters. The molecule has 29 heavy (non-hydrogen) atoms. The second kappa shape index (κ2) is 9.13. The van der Waals surface area contributed by atoms with Crippen molar-refractivity contribution < 1.29 is 27.5 Å². The monoisotopic (exact) mass is 413 g/mol. The van der Waals surface area contributed by atoms with E-state index in [0.717, 1.165) is 44.6 Å². The Balaban J connectivity index is 1.49. The van der Waals surface area contributed by atoms with Gasteiger partial charge < -0.3 is 15.0 Å². The molecule has 0 bridgehead atoms. The van der Waals surface area contributed by atoms with Crippen LogP contribution >= 0.6 is 0 Å². The molecule has 2 heterocycles. The van der Waals surface area contributed by atoms with Crippen LogP contribution in [0.25, 0.3) is 0 Å². The van der Waals surface area contributed by atoms with Crippen molar-refractivity contribution in [1.82, 2.24) is 15.1 Å². The Hall–Kier alpha value is -2.13. The zero-order valence-corrected chi connectivity index (χ0v) is 16.4. The lowest BCUT2D eigenvalue weighted by atomic mass is 10.1. The molecule has 2 fully saturated rings. The van der Waals surface area contributed by atoms with E-state index in [1.807, 2.05) is 0 Å². The molecule has 3 rings (SSSR count). The zero-order valence-electron chi connectivity index (χ0n) is 16.4. The summed E-state index contributed by atoms with van der Waals surface area (Å²) >= 11 is 0. The van der Waals surface area contributed by atoms with Gasteiger partial charge in [0.1, 0.15) is 0 Å². The average Bonchev–Trinajstić information content (AvgIpc) is 3.21. The predicted octanol–water partition coefficient (Wildman–Crippen LogP) is 2.15. The Morgan fingerprint density at radius 3 is 2.62 bits per heavy atom. The maximum Gasteiger partial charge on any atom is 0.416 e. The molecule has 0 aliphatic carbocycles. The Morgan fingerprint density at radius 1 is 1.21 bits per heavy atom. The van der Waals surface area contributed by atoms with Crippen LogP contribution in [0.5, 0.6) is 0 Å². The molecule has 1 N–H and O–H groups in total. The van der Waals surface area contributed by atoms with Gasteiger partial charge in [-0.3, -0.25) is 14.5 Å². The third-order valence-electron chi connectivity index (χ3n) is 5.71. The van der Waals surface area contributed by atoms with Crippen molar-refractivity contribution in [2.45, 2.75) is 37.5 Å². The number of nitrogens with zero attached hydrogens (tertiary/aromatic N) is 2. The summed E-state index contributed by atoms with van der Waals surface area (Å²) in [6.07, 6.45) is -1.70. The number of carbonyl (C=O) groups is 2. The predicted molar refractivity (Wildman–Crippen MR) is 100 cm³/mol. The number of likely N-dealkylation sites (tertiary alicyclic amines) is 1. The number of likely N-dealkylation sites (N-methyl/N-ethyl adjacent to an activating group) is 1. The van der Waals surface area contributed by atoms with Crippen LogP contribution in [0.1, 0.15) is 35.2 Å². The quantitative estimate of drug-likeness (QED) is 0.804. The molecule has 2 aliphatic rings. The second-order valence-electron chi connectivity index (χ2n) is 7.55. The highest BCUT2D eigenvalue weighted by Gasteiger charge is 2.33. The summed E-state index contributed by atoms with van der Waals surface area (Å²) in [5.41, 5.74) is -1.01. The number of hydrogen-bond acceptors (Lipinski definition) is 4. The standard InChI is InChI=1S/C20H26F3N3O3/c1-25(16-6-9-29-10-7-16)17-5-8-26(13-17)18(27)12-24-19(28)14-3-2-4-15(11-14)20(21,22)23/h2-4,11,16-17H,5-10,12-13H2,1H3,(H,24,28). The Morgan fingerprint density at radius 2 is 1.93 bits per heavy atom. The third-order valence-corrected chi connectivity index (χ3v) is 5.71. The van der Waals surface area contributed by atoms with Crippen molar-refractivity contribution in [1.29, 1.82) is 0 Å². The van der Waals surface area contributed by atoms with E-state index in [9.17, 15) is 22.8 Å². The highest BCUT2D eigenvalue weighted by Crippen LogP contribution is 2.29. The first-order valence-electron chi connectivity index (χ1n) is 9.78. The minimum absolute atomic E-state index is 0.119. The molecule has 2 amide bonds. The number of alkyl halides is 3. The normalized spacial score (nSPS) is 20.9. The topological polar surface area (TPSA) is 61.9 Å². The van der Waals surface area contributed by atoms with Gasteiger partial charge in [-0.1, -0.05) is 6.07 Å². The molecule has 1 atom stereocenters. The van der Waals surface area contributed by atoms with Gasteiger partial charge in [-0.15, -0.1) is 0 Å². The number of benzene rings is 1. The molecule has 6 nitrogen and oxygen atoms in total. The van der Waals surface area contributed by atoms with Crippen LogP contribution in [0.4, 0.5) is 13.2 Å². The molecule has 1 aromatic rings. The molecule has 0 spiro atoms. The number of nitrogens with one attached hydrogen (secondary N) is 1. The molecule has 160 valence electrons. The van der Waals surface area contributed by atoms with Gasteiger partial charge in [0.25, 0.3) is 5.91 Å². The Labute approximate surface area is 168 Å². The fourth-order valence-corrected chi connectivity index (χ4v) is 3.90. The summed E-state index contributed by atoms with van der Waals surface area (Å²) in [4.78, 5) is 28.6. The fourth-order valence-electron chi connectivity index (χ4n) is 3.90. The summed E-state index contributed by atoms with van der Waals surface area (Å²) in [5.74, 6) is -0.923. The van der Waals surface area contributed by atoms with Crippen LogP contribution in [0.2, 0.25) is 0 Å². The van der Waals surface area contributed by atoms with Gasteiger partial charge in [0, 0.05) is 44.0 Å². The summed E-state index contributed by atoms with van der Waals surface area (Å²) in [7, 11) is 2.07. The van der Waals surface area contributed by atoms with Crippen LogP contribution in [0.3, 0.4) is 0 Å². The molecular formula is C20H26F3N3O3. The Bertz CT molecular complexity index is 735. The molecule has 9 heteroatoms. The highest BCUT2D eigenvalue weighted by atomic mass is 19.4. The number of ether oxygens (including phenoxy) is 1. The summed E-state index contributed by atoms with van der Waals surface area (Å²) in [6, 6.07) is 4.88. The Kier molecular flexibility index (Phi) is 6.79. The number of hydrogen-bond donors (Lipinski definition) is 1. The van der Waals surface area contributed by atoms with Crippen molar-refractivity contribution in [3.8, 4) is 0 Å². The lowest BCUT2D eigenvalue weighted by Gasteiger charge is -2.35. The highest BCUT2D eigenvalue weighted by molar-refractivity contribution is 5.96. The largest absolute Gasteiger partial charge is 0.416 e. The molecule has 0 saturated carbocycles. The van der Waals surface area contributed by atoms with E-state index >= 15 is 0 Å². The van der Waals surface area contributed by atoms with Crippen LogP contribution in [0.15, 0.2) is 24.3 Å². The van der Waals surface area contributed by atoms with Gasteiger partial charge in [0.2, 0.25) is 5.91 Å². The molecule has 2 saturated heterocycles. The summed E-state index contributed by atoms with van der Waals surface area (Å²) in [5, 5.41) is 2.43. The van der Waals surface area contributed by atoms with E-state index in [1.54, 1.807) is 4.90 Å². The maximum absolute atomic E-state index is 12.8. The summed E-state index contributed by atoms with van der Waals surface area (Å²) in [6.45, 7) is 2.48. The van der Waals surface area contributed by atoms with Crippen molar-refractivity contribution >= 4 is 11.8 Å². The van der Waals surface area contributed by atoms with Crippen LogP contribution in [0, 0.1) is 0 Å². The van der Waals surface area contributed by atoms with Gasteiger partial charge in [-0.2, -0.15) is 13.2 Å². The van der Waals surface area contributed by atoms with Gasteiger partial charge in [0.15, 0.2) is 0 Å². The van der Waals surface area contributed by atoms with Crippen LogP contribution in [-0.2, 0) is 15.7 Å². The smallest absolute Gasteiger partial charge is 0.381 e. The molecule has 0 radical (unpaired) electrons. The summed E-state index contributed by atoms with van der Waals surface area (Å²) < 4.78 is 43.7. The number of amides is 2. The van der Waals surface area contributed by atoms with Crippen molar-refractivity contribution in [3.63, 3.8) is 0 Å². The molecule has 2 aliphatic heterocycles. The number of halogens is 3. The number of rotatable bonds is 5. The first-order valence-corrected chi connectivity index (χ1v) is 9.78. The maximum atomic E-state index is 12.8. The second-order valence-corrected chi connectivity index (χ2v) is 7.55. The molecule has 1 aromatic carbocycles. The average molecular weight is 413 g/mol. The SMILES string of the molecule is CN(C1CCOCC1)C1CCN(C(=O)CNC(=O)c2cccc(C(F)(F)F)c2)C1. The van der Waals surface area contributed by atoms with Crippen LogP contribution in [-0.4, -0.2) is 73.6 Å². The van der Waals surface area contributed by atoms with E-state index in [0.29, 0.717) is 19.1 Å². The van der Waals surface area contributed by atoms with Crippen LogP contribution < -0.4 is 5.32 Å². The minimum atomic E-state index is -4.52. The van der Waals surface area contributed by atoms with Gasteiger partial charge in [-0.05, 0) is 44.5 Å². The first kappa shape index (κ1) is 21.6. The van der Waals surface area contributed by atoms with Gasteiger partial charge >= 0.3 is 6.18 Å². The number of carbonyl (C=O) groups excluding carboxylic acids is 2. The lowest BCUT2D eigenvalue weighted by molar-refractivity contribution is -0.137. The third kappa shape index (κ3) is 5.48. The molecular weight excluding hydrogens is 387 g/mol. The van der Waals surface area contributed by atoms with Crippen molar-refractivity contribution in [3.05, 3.63) is 35.4 Å². The minimum Gasteiger partial charge on any atom is -0.381 e. The van der Waals surface area contributed by atoms with E-state index in [-0.39, 0.29) is 24.1 Å². The molecule has 0 aromatic heterocycles. The van der Waals surface area contributed by atoms with Gasteiger partial charge in [-0.25, -0.2) is 0 Å². The van der Waals surface area contributed by atoms with E-state index in [1.165, 1.54) is 12.1 Å².